The molecule has 2 aromatic carbocycles. The van der Waals surface area contributed by atoms with Crippen molar-refractivity contribution in [2.24, 2.45) is 0 Å². The van der Waals surface area contributed by atoms with E-state index >= 15 is 0 Å². The molecular formula is C21H27N3O. The van der Waals surface area contributed by atoms with E-state index in [1.54, 1.807) is 0 Å². The first-order valence-electron chi connectivity index (χ1n) is 8.94. The summed E-state index contributed by atoms with van der Waals surface area (Å²) in [5.41, 5.74) is 3.74. The molecule has 1 fully saturated rings. The largest absolute Gasteiger partial charge is 0.369 e. The van der Waals surface area contributed by atoms with Crippen molar-refractivity contribution in [3.8, 4) is 0 Å². The summed E-state index contributed by atoms with van der Waals surface area (Å²) in [5.74, 6) is 0.188. The highest BCUT2D eigenvalue weighted by molar-refractivity contribution is 5.78. The Morgan fingerprint density at radius 1 is 1.00 bits per heavy atom. The first-order valence-corrected chi connectivity index (χ1v) is 8.94. The van der Waals surface area contributed by atoms with Crippen LogP contribution in [0.5, 0.6) is 0 Å². The third-order valence-corrected chi connectivity index (χ3v) is 4.79. The maximum atomic E-state index is 12.5. The lowest BCUT2D eigenvalue weighted by Crippen LogP contribution is -2.49. The Morgan fingerprint density at radius 2 is 1.72 bits per heavy atom. The normalized spacial score (nSPS) is 15.2. The number of hydrogen-bond acceptors (Lipinski definition) is 3. The smallest absolute Gasteiger partial charge is 0.236 e. The summed E-state index contributed by atoms with van der Waals surface area (Å²) in [5, 5.41) is 0. The number of rotatable bonds is 5. The minimum atomic E-state index is 0.188. The maximum absolute atomic E-state index is 12.5. The van der Waals surface area contributed by atoms with E-state index in [1.807, 2.05) is 30.1 Å². The molecule has 0 N–H and O–H groups in total. The van der Waals surface area contributed by atoms with Crippen molar-refractivity contribution in [2.45, 2.75) is 13.5 Å². The fourth-order valence-corrected chi connectivity index (χ4v) is 3.25. The second kappa shape index (κ2) is 8.17. The average Bonchev–Trinajstić information content (AvgIpc) is 2.63. The van der Waals surface area contributed by atoms with Crippen LogP contribution in [0.4, 0.5) is 5.69 Å². The van der Waals surface area contributed by atoms with Gasteiger partial charge in [0.15, 0.2) is 0 Å². The topological polar surface area (TPSA) is 26.8 Å². The monoisotopic (exact) mass is 337 g/mol. The van der Waals surface area contributed by atoms with E-state index in [2.05, 4.69) is 53.1 Å². The van der Waals surface area contributed by atoms with Gasteiger partial charge in [0.25, 0.3) is 0 Å². The number of anilines is 1. The van der Waals surface area contributed by atoms with E-state index in [0.29, 0.717) is 13.1 Å². The predicted octanol–water partition coefficient (Wildman–Crippen LogP) is 2.78. The number of hydrogen-bond donors (Lipinski definition) is 0. The average molecular weight is 337 g/mol. The molecule has 2 aromatic rings. The van der Waals surface area contributed by atoms with E-state index < -0.39 is 0 Å². The first-order chi connectivity index (χ1) is 12.1. The lowest BCUT2D eigenvalue weighted by molar-refractivity contribution is -0.131. The summed E-state index contributed by atoms with van der Waals surface area (Å²) in [7, 11) is 1.89. The van der Waals surface area contributed by atoms with Crippen molar-refractivity contribution < 1.29 is 4.79 Å². The molecule has 0 atom stereocenters. The maximum Gasteiger partial charge on any atom is 0.236 e. The van der Waals surface area contributed by atoms with Gasteiger partial charge in [-0.1, -0.05) is 42.5 Å². The molecule has 0 aromatic heterocycles. The van der Waals surface area contributed by atoms with Crippen LogP contribution in [0.15, 0.2) is 54.6 Å². The number of likely N-dealkylation sites (N-methyl/N-ethyl adjacent to an activating group) is 1. The second-order valence-electron chi connectivity index (χ2n) is 6.84. The Bertz CT molecular complexity index is 693. The standard InChI is InChI=1S/C21H27N3O/c1-18-7-6-10-20(15-18)24-13-11-23(12-14-24)17-21(25)22(2)16-19-8-4-3-5-9-19/h3-10,15H,11-14,16-17H2,1-2H3. The molecule has 0 aliphatic carbocycles. The number of nitrogens with zero attached hydrogens (tertiary/aromatic N) is 3. The molecule has 0 spiro atoms. The van der Waals surface area contributed by atoms with Gasteiger partial charge in [0.2, 0.25) is 5.91 Å². The van der Waals surface area contributed by atoms with Crippen LogP contribution in [0, 0.1) is 6.92 Å². The van der Waals surface area contributed by atoms with Gasteiger partial charge >= 0.3 is 0 Å². The number of carbonyl (C=O) groups excluding carboxylic acids is 1. The molecule has 1 aliphatic rings. The van der Waals surface area contributed by atoms with Gasteiger partial charge in [-0.15, -0.1) is 0 Å². The summed E-state index contributed by atoms with van der Waals surface area (Å²) < 4.78 is 0. The zero-order valence-electron chi connectivity index (χ0n) is 15.2. The van der Waals surface area contributed by atoms with Gasteiger partial charge in [0, 0.05) is 45.5 Å². The SMILES string of the molecule is Cc1cccc(N2CCN(CC(=O)N(C)Cc3ccccc3)CC2)c1. The predicted molar refractivity (Wildman–Crippen MR) is 103 cm³/mol. The Balaban J connectivity index is 1.47. The van der Waals surface area contributed by atoms with Gasteiger partial charge < -0.3 is 9.80 Å². The summed E-state index contributed by atoms with van der Waals surface area (Å²) in [6.07, 6.45) is 0. The molecule has 132 valence electrons. The molecule has 0 saturated carbocycles. The van der Waals surface area contributed by atoms with Gasteiger partial charge in [-0.05, 0) is 30.2 Å². The zero-order chi connectivity index (χ0) is 17.6. The van der Waals surface area contributed by atoms with Gasteiger partial charge in [-0.2, -0.15) is 0 Å². The minimum Gasteiger partial charge on any atom is -0.369 e. The molecule has 1 aliphatic heterocycles. The molecule has 0 bridgehead atoms. The highest BCUT2D eigenvalue weighted by atomic mass is 16.2. The van der Waals surface area contributed by atoms with Gasteiger partial charge in [-0.3, -0.25) is 9.69 Å². The first kappa shape index (κ1) is 17.5. The molecule has 0 radical (unpaired) electrons. The molecule has 4 nitrogen and oxygen atoms in total. The van der Waals surface area contributed by atoms with Crippen LogP contribution in [-0.4, -0.2) is 55.5 Å². The van der Waals surface area contributed by atoms with Gasteiger partial charge in [0.1, 0.15) is 0 Å². The van der Waals surface area contributed by atoms with E-state index in [4.69, 9.17) is 0 Å². The van der Waals surface area contributed by atoms with Crippen molar-refractivity contribution >= 4 is 11.6 Å². The van der Waals surface area contributed by atoms with Crippen molar-refractivity contribution in [3.63, 3.8) is 0 Å². The lowest BCUT2D eigenvalue weighted by atomic mass is 10.2. The third-order valence-electron chi connectivity index (χ3n) is 4.79. The number of amides is 1. The molecule has 3 rings (SSSR count). The fraction of sp³-hybridized carbons (Fsp3) is 0.381. The summed E-state index contributed by atoms with van der Waals surface area (Å²) in [4.78, 5) is 19.0. The Morgan fingerprint density at radius 3 is 2.40 bits per heavy atom. The van der Waals surface area contributed by atoms with Crippen LogP contribution in [-0.2, 0) is 11.3 Å². The van der Waals surface area contributed by atoms with Gasteiger partial charge in [-0.25, -0.2) is 0 Å². The van der Waals surface area contributed by atoms with Crippen LogP contribution in [0.2, 0.25) is 0 Å². The van der Waals surface area contributed by atoms with Crippen molar-refractivity contribution in [1.82, 2.24) is 9.80 Å². The van der Waals surface area contributed by atoms with E-state index in [9.17, 15) is 4.79 Å². The van der Waals surface area contributed by atoms with E-state index in [-0.39, 0.29) is 5.91 Å². The molecule has 1 amide bonds. The molecule has 1 saturated heterocycles. The third kappa shape index (κ3) is 4.83. The van der Waals surface area contributed by atoms with Crippen LogP contribution in [0.25, 0.3) is 0 Å². The van der Waals surface area contributed by atoms with Crippen molar-refractivity contribution in [1.29, 1.82) is 0 Å². The molecular weight excluding hydrogens is 310 g/mol. The fourth-order valence-electron chi connectivity index (χ4n) is 3.25. The second-order valence-corrected chi connectivity index (χ2v) is 6.84. The van der Waals surface area contributed by atoms with Gasteiger partial charge in [0.05, 0.1) is 6.54 Å². The number of piperazine rings is 1. The summed E-state index contributed by atoms with van der Waals surface area (Å²) >= 11 is 0. The van der Waals surface area contributed by atoms with Crippen LogP contribution < -0.4 is 4.90 Å². The lowest BCUT2D eigenvalue weighted by Gasteiger charge is -2.36. The number of carbonyl (C=O) groups is 1. The molecule has 1 heterocycles. The van der Waals surface area contributed by atoms with Crippen LogP contribution >= 0.6 is 0 Å². The van der Waals surface area contributed by atoms with Crippen LogP contribution in [0.3, 0.4) is 0 Å². The summed E-state index contributed by atoms with van der Waals surface area (Å²) in [6, 6.07) is 18.8. The summed E-state index contributed by atoms with van der Waals surface area (Å²) in [6.45, 7) is 7.10. The van der Waals surface area contributed by atoms with Crippen molar-refractivity contribution in [3.05, 3.63) is 65.7 Å². The Kier molecular flexibility index (Phi) is 5.71. The molecule has 0 unspecified atom stereocenters. The Labute approximate surface area is 150 Å². The molecule has 4 heteroatoms. The van der Waals surface area contributed by atoms with E-state index in [0.717, 1.165) is 26.2 Å². The quantitative estimate of drug-likeness (QED) is 0.839. The number of benzene rings is 2. The van der Waals surface area contributed by atoms with E-state index in [1.165, 1.54) is 16.8 Å². The minimum absolute atomic E-state index is 0.188. The number of aryl methyl sites for hydroxylation is 1. The van der Waals surface area contributed by atoms with Crippen molar-refractivity contribution in [2.75, 3.05) is 44.7 Å². The Hall–Kier alpha value is -2.33. The highest BCUT2D eigenvalue weighted by Crippen LogP contribution is 2.17. The molecule has 25 heavy (non-hydrogen) atoms. The highest BCUT2D eigenvalue weighted by Gasteiger charge is 2.20. The van der Waals surface area contributed by atoms with Crippen LogP contribution in [0.1, 0.15) is 11.1 Å². The zero-order valence-corrected chi connectivity index (χ0v) is 15.2.